The zero-order valence-electron chi connectivity index (χ0n) is 17.6. The third-order valence-corrected chi connectivity index (χ3v) is 4.98. The highest BCUT2D eigenvalue weighted by Gasteiger charge is 2.18. The van der Waals surface area contributed by atoms with Crippen molar-refractivity contribution in [3.8, 4) is 11.5 Å². The minimum Gasteiger partial charge on any atom is -0.493 e. The number of hydrogen-bond donors (Lipinski definition) is 0. The Kier molecular flexibility index (Phi) is 7.25. The molecule has 0 aliphatic carbocycles. The summed E-state index contributed by atoms with van der Waals surface area (Å²) >= 11 is 0. The molecule has 0 N–H and O–H groups in total. The number of carbonyl (C=O) groups excluding carboxylic acids is 2. The molecule has 0 saturated carbocycles. The van der Waals surface area contributed by atoms with Crippen LogP contribution >= 0.6 is 0 Å². The van der Waals surface area contributed by atoms with Gasteiger partial charge in [-0.15, -0.1) is 0 Å². The van der Waals surface area contributed by atoms with Crippen LogP contribution in [0, 0.1) is 13.8 Å². The Hall–Kier alpha value is -3.12. The van der Waals surface area contributed by atoms with Crippen LogP contribution in [-0.2, 0) is 9.53 Å². The Bertz CT molecular complexity index is 945. The molecule has 2 aromatic rings. The van der Waals surface area contributed by atoms with Crippen molar-refractivity contribution < 1.29 is 23.8 Å². The first-order valence-corrected chi connectivity index (χ1v) is 9.94. The molecule has 1 heterocycles. The fourth-order valence-electron chi connectivity index (χ4n) is 3.30. The van der Waals surface area contributed by atoms with E-state index in [2.05, 4.69) is 0 Å². The van der Waals surface area contributed by atoms with Crippen molar-refractivity contribution in [2.24, 2.45) is 0 Å². The van der Waals surface area contributed by atoms with Gasteiger partial charge in [0.2, 0.25) is 0 Å². The topological polar surface area (TPSA) is 65.1 Å². The van der Waals surface area contributed by atoms with E-state index in [1.807, 2.05) is 38.1 Å². The third kappa shape index (κ3) is 5.48. The number of ketones is 1. The van der Waals surface area contributed by atoms with Crippen molar-refractivity contribution in [3.05, 3.63) is 64.7 Å². The van der Waals surface area contributed by atoms with Crippen LogP contribution in [0.5, 0.6) is 11.5 Å². The second-order valence-corrected chi connectivity index (χ2v) is 7.21. The molecule has 0 aromatic heterocycles. The van der Waals surface area contributed by atoms with E-state index in [1.54, 1.807) is 36.3 Å². The molecule has 2 aromatic carbocycles. The summed E-state index contributed by atoms with van der Waals surface area (Å²) in [6.45, 7) is 6.14. The van der Waals surface area contributed by atoms with E-state index < -0.39 is 0 Å². The molecule has 1 fully saturated rings. The van der Waals surface area contributed by atoms with Crippen molar-refractivity contribution in [3.63, 3.8) is 0 Å². The van der Waals surface area contributed by atoms with Crippen molar-refractivity contribution in [1.29, 1.82) is 0 Å². The molecule has 0 atom stereocenters. The first-order valence-electron chi connectivity index (χ1n) is 9.94. The monoisotopic (exact) mass is 409 g/mol. The number of methoxy groups -OCH3 is 1. The Morgan fingerprint density at radius 3 is 2.53 bits per heavy atom. The SMILES string of the molecule is COc1cc(/C=C/C(=O)c2ccc(C)cc2C)ccc1OCC(=O)N1CCOCC1. The normalized spacial score (nSPS) is 14.0. The highest BCUT2D eigenvalue weighted by Crippen LogP contribution is 2.28. The molecule has 0 spiro atoms. The molecule has 1 saturated heterocycles. The summed E-state index contributed by atoms with van der Waals surface area (Å²) in [5.41, 5.74) is 3.57. The first-order chi connectivity index (χ1) is 14.5. The summed E-state index contributed by atoms with van der Waals surface area (Å²) in [6.07, 6.45) is 3.29. The van der Waals surface area contributed by atoms with Gasteiger partial charge in [0.05, 0.1) is 20.3 Å². The average molecular weight is 409 g/mol. The van der Waals surface area contributed by atoms with Gasteiger partial charge in [0.1, 0.15) is 0 Å². The Balaban J connectivity index is 1.65. The van der Waals surface area contributed by atoms with E-state index in [9.17, 15) is 9.59 Å². The van der Waals surface area contributed by atoms with Gasteiger partial charge in [0.25, 0.3) is 5.91 Å². The maximum absolute atomic E-state index is 12.5. The van der Waals surface area contributed by atoms with Crippen LogP contribution in [0.25, 0.3) is 6.08 Å². The number of benzene rings is 2. The molecule has 158 valence electrons. The predicted octanol–water partition coefficient (Wildman–Crippen LogP) is 3.45. The van der Waals surface area contributed by atoms with Crippen LogP contribution in [0.1, 0.15) is 27.0 Å². The molecular formula is C24H27NO5. The van der Waals surface area contributed by atoms with E-state index in [1.165, 1.54) is 0 Å². The van der Waals surface area contributed by atoms with Crippen LogP contribution in [0.15, 0.2) is 42.5 Å². The summed E-state index contributed by atoms with van der Waals surface area (Å²) < 4.78 is 16.3. The Labute approximate surface area is 177 Å². The standard InChI is InChI=1S/C24H27NO5/c1-17-4-7-20(18(2)14-17)21(26)8-5-19-6-9-22(23(15-19)28-3)30-16-24(27)25-10-12-29-13-11-25/h4-9,14-15H,10-13,16H2,1-3H3/b8-5+. The Morgan fingerprint density at radius 1 is 1.07 bits per heavy atom. The Morgan fingerprint density at radius 2 is 1.83 bits per heavy atom. The number of hydrogen-bond acceptors (Lipinski definition) is 5. The molecule has 1 aliphatic heterocycles. The number of ether oxygens (including phenoxy) is 3. The van der Waals surface area contributed by atoms with Gasteiger partial charge in [0.15, 0.2) is 23.9 Å². The van der Waals surface area contributed by atoms with E-state index in [0.717, 1.165) is 16.7 Å². The zero-order chi connectivity index (χ0) is 21.5. The molecule has 30 heavy (non-hydrogen) atoms. The molecule has 6 nitrogen and oxygen atoms in total. The lowest BCUT2D eigenvalue weighted by molar-refractivity contribution is -0.137. The fourth-order valence-corrected chi connectivity index (χ4v) is 3.30. The molecule has 6 heteroatoms. The van der Waals surface area contributed by atoms with Gasteiger partial charge in [-0.2, -0.15) is 0 Å². The zero-order valence-corrected chi connectivity index (χ0v) is 17.6. The highest BCUT2D eigenvalue weighted by molar-refractivity contribution is 6.07. The van der Waals surface area contributed by atoms with E-state index in [-0.39, 0.29) is 18.3 Å². The number of rotatable bonds is 7. The van der Waals surface area contributed by atoms with Gasteiger partial charge in [0, 0.05) is 18.7 Å². The van der Waals surface area contributed by atoms with E-state index >= 15 is 0 Å². The molecule has 0 radical (unpaired) electrons. The maximum Gasteiger partial charge on any atom is 0.260 e. The number of morpholine rings is 1. The molecule has 1 amide bonds. The number of amides is 1. The summed E-state index contributed by atoms with van der Waals surface area (Å²) in [5, 5.41) is 0. The van der Waals surface area contributed by atoms with E-state index in [4.69, 9.17) is 14.2 Å². The lowest BCUT2D eigenvalue weighted by atomic mass is 10.0. The van der Waals surface area contributed by atoms with Crippen LogP contribution in [-0.4, -0.2) is 56.6 Å². The number of carbonyl (C=O) groups is 2. The fraction of sp³-hybridized carbons (Fsp3) is 0.333. The predicted molar refractivity (Wildman–Crippen MR) is 115 cm³/mol. The number of nitrogens with zero attached hydrogens (tertiary/aromatic N) is 1. The average Bonchev–Trinajstić information content (AvgIpc) is 2.76. The quantitative estimate of drug-likeness (QED) is 0.518. The second kappa shape index (κ2) is 10.1. The lowest BCUT2D eigenvalue weighted by Gasteiger charge is -2.26. The molecule has 3 rings (SSSR count). The second-order valence-electron chi connectivity index (χ2n) is 7.21. The highest BCUT2D eigenvalue weighted by atomic mass is 16.5. The largest absolute Gasteiger partial charge is 0.493 e. The summed E-state index contributed by atoms with van der Waals surface area (Å²) in [4.78, 5) is 26.5. The van der Waals surface area contributed by atoms with Gasteiger partial charge >= 0.3 is 0 Å². The van der Waals surface area contributed by atoms with Crippen LogP contribution < -0.4 is 9.47 Å². The third-order valence-electron chi connectivity index (χ3n) is 4.98. The van der Waals surface area contributed by atoms with Gasteiger partial charge in [-0.25, -0.2) is 0 Å². The number of aryl methyl sites for hydroxylation is 2. The molecule has 0 bridgehead atoms. The smallest absolute Gasteiger partial charge is 0.260 e. The first kappa shape index (κ1) is 21.6. The summed E-state index contributed by atoms with van der Waals surface area (Å²) in [6, 6.07) is 11.1. The van der Waals surface area contributed by atoms with Crippen LogP contribution in [0.3, 0.4) is 0 Å². The number of allylic oxidation sites excluding steroid dienone is 1. The molecular weight excluding hydrogens is 382 g/mol. The minimum absolute atomic E-state index is 0.0529. The van der Waals surface area contributed by atoms with Gasteiger partial charge in [-0.1, -0.05) is 35.9 Å². The van der Waals surface area contributed by atoms with Gasteiger partial charge in [-0.3, -0.25) is 9.59 Å². The van der Waals surface area contributed by atoms with Crippen LogP contribution in [0.2, 0.25) is 0 Å². The van der Waals surface area contributed by atoms with E-state index in [0.29, 0.717) is 43.4 Å². The van der Waals surface area contributed by atoms with Crippen molar-refractivity contribution in [2.75, 3.05) is 40.0 Å². The van der Waals surface area contributed by atoms with Gasteiger partial charge < -0.3 is 19.1 Å². The molecule has 1 aliphatic rings. The minimum atomic E-state index is -0.0802. The molecule has 0 unspecified atom stereocenters. The van der Waals surface area contributed by atoms with Crippen molar-refractivity contribution >= 4 is 17.8 Å². The summed E-state index contributed by atoms with van der Waals surface area (Å²) in [7, 11) is 1.54. The van der Waals surface area contributed by atoms with Gasteiger partial charge in [-0.05, 0) is 43.2 Å². The maximum atomic E-state index is 12.5. The summed E-state index contributed by atoms with van der Waals surface area (Å²) in [5.74, 6) is 0.856. The van der Waals surface area contributed by atoms with Crippen molar-refractivity contribution in [1.82, 2.24) is 4.90 Å². The van der Waals surface area contributed by atoms with Crippen LogP contribution in [0.4, 0.5) is 0 Å². The lowest BCUT2D eigenvalue weighted by Crippen LogP contribution is -2.43. The van der Waals surface area contributed by atoms with Crippen molar-refractivity contribution in [2.45, 2.75) is 13.8 Å².